The van der Waals surface area contributed by atoms with Crippen molar-refractivity contribution in [2.45, 2.75) is 20.0 Å². The van der Waals surface area contributed by atoms with Crippen LogP contribution in [0.1, 0.15) is 13.8 Å². The molecule has 2 nitrogen and oxygen atoms in total. The van der Waals surface area contributed by atoms with Crippen molar-refractivity contribution < 1.29 is 9.53 Å². The first kappa shape index (κ1) is 11.8. The van der Waals surface area contributed by atoms with Crippen molar-refractivity contribution in [1.29, 1.82) is 0 Å². The van der Waals surface area contributed by atoms with Gasteiger partial charge in [-0.3, -0.25) is 4.79 Å². The summed E-state index contributed by atoms with van der Waals surface area (Å²) in [6.45, 7) is 2.97. The van der Waals surface area contributed by atoms with E-state index in [1.54, 1.807) is 6.92 Å². The van der Waals surface area contributed by atoms with E-state index in [0.29, 0.717) is 0 Å². The van der Waals surface area contributed by atoms with Gasteiger partial charge >= 0.3 is 35.5 Å². The second-order valence-corrected chi connectivity index (χ2v) is 1.42. The molecule has 0 saturated carbocycles. The number of hydrogen-bond donors (Lipinski definition) is 0. The fourth-order valence-corrected chi connectivity index (χ4v) is 0.283. The topological polar surface area (TPSA) is 26.3 Å². The molecule has 1 atom stereocenters. The predicted molar refractivity (Wildman–Crippen MR) is 37.2 cm³/mol. The molecule has 3 heteroatoms. The average Bonchev–Trinajstić information content (AvgIpc) is 1.65. The first-order valence-corrected chi connectivity index (χ1v) is 2.30. The van der Waals surface area contributed by atoms with Crippen LogP contribution in [0.3, 0.4) is 0 Å². The van der Waals surface area contributed by atoms with Crippen LogP contribution in [0, 0.1) is 12.3 Å². The van der Waals surface area contributed by atoms with E-state index in [-0.39, 0.29) is 35.5 Å². The summed E-state index contributed by atoms with van der Waals surface area (Å²) in [5.74, 6) is 1.92. The third kappa shape index (κ3) is 8.03. The van der Waals surface area contributed by atoms with Crippen LogP contribution in [0.15, 0.2) is 0 Å². The van der Waals surface area contributed by atoms with Gasteiger partial charge in [-0.05, 0) is 6.92 Å². The fourth-order valence-electron chi connectivity index (χ4n) is 0.283. The van der Waals surface area contributed by atoms with Crippen molar-refractivity contribution in [3.05, 3.63) is 0 Å². The van der Waals surface area contributed by atoms with Crippen molar-refractivity contribution in [2.75, 3.05) is 0 Å². The summed E-state index contributed by atoms with van der Waals surface area (Å²) >= 11 is 0. The van der Waals surface area contributed by atoms with E-state index in [1.165, 1.54) is 6.92 Å². The Balaban J connectivity index is 0. The van der Waals surface area contributed by atoms with Crippen molar-refractivity contribution in [3.8, 4) is 12.3 Å². The molecule has 0 saturated heterocycles. The number of ether oxygens (including phenoxy) is 1. The van der Waals surface area contributed by atoms with Gasteiger partial charge in [0.05, 0.1) is 0 Å². The predicted octanol–water partition coefficient (Wildman–Crippen LogP) is -0.0773. The Hall–Kier alpha value is 0.0300. The van der Waals surface area contributed by atoms with Gasteiger partial charge < -0.3 is 4.74 Å². The molecule has 0 aromatic carbocycles. The van der Waals surface area contributed by atoms with Crippen molar-refractivity contribution in [3.63, 3.8) is 0 Å². The Bertz CT molecular complexity index is 126. The van der Waals surface area contributed by atoms with Crippen LogP contribution in [-0.4, -0.2) is 41.6 Å². The summed E-state index contributed by atoms with van der Waals surface area (Å²) in [7, 11) is 0. The molecule has 0 aromatic rings. The number of carbonyl (C=O) groups excluding carboxylic acids is 1. The molecule has 0 rings (SSSR count). The SMILES string of the molecule is C#CC(C)OC(C)=O.[NaH]. The summed E-state index contributed by atoms with van der Waals surface area (Å²) < 4.78 is 4.52. The summed E-state index contributed by atoms with van der Waals surface area (Å²) in [6, 6.07) is 0. The molecule has 0 N–H and O–H groups in total. The Morgan fingerprint density at radius 3 is 2.33 bits per heavy atom. The van der Waals surface area contributed by atoms with Gasteiger partial charge in [0, 0.05) is 6.92 Å². The average molecular weight is 136 g/mol. The van der Waals surface area contributed by atoms with Gasteiger partial charge in [-0.15, -0.1) is 6.42 Å². The van der Waals surface area contributed by atoms with Crippen LogP contribution in [0.4, 0.5) is 0 Å². The van der Waals surface area contributed by atoms with Gasteiger partial charge in [-0.2, -0.15) is 0 Å². The molecule has 0 amide bonds. The monoisotopic (exact) mass is 136 g/mol. The second-order valence-electron chi connectivity index (χ2n) is 1.42. The molecule has 46 valence electrons. The number of carbonyl (C=O) groups is 1. The molecule has 1 unspecified atom stereocenters. The molecule has 0 radical (unpaired) electrons. The van der Waals surface area contributed by atoms with Gasteiger partial charge in [0.15, 0.2) is 6.10 Å². The van der Waals surface area contributed by atoms with Crippen LogP contribution in [0.25, 0.3) is 0 Å². The number of rotatable bonds is 1. The maximum absolute atomic E-state index is 10.1. The Morgan fingerprint density at radius 1 is 1.78 bits per heavy atom. The summed E-state index contributed by atoms with van der Waals surface area (Å²) in [6.07, 6.45) is 4.50. The molecule has 0 aliphatic heterocycles. The zero-order chi connectivity index (χ0) is 6.57. The molecular formula is C6H9NaO2. The molecular weight excluding hydrogens is 127 g/mol. The molecule has 0 spiro atoms. The van der Waals surface area contributed by atoms with Crippen molar-refractivity contribution in [2.24, 2.45) is 0 Å². The molecule has 0 aliphatic rings. The fraction of sp³-hybridized carbons (Fsp3) is 0.500. The van der Waals surface area contributed by atoms with Crippen LogP contribution >= 0.6 is 0 Å². The molecule has 0 fully saturated rings. The van der Waals surface area contributed by atoms with Crippen LogP contribution in [-0.2, 0) is 9.53 Å². The van der Waals surface area contributed by atoms with E-state index in [1.807, 2.05) is 0 Å². The zero-order valence-corrected chi connectivity index (χ0v) is 4.97. The normalized spacial score (nSPS) is 10.3. The molecule has 9 heavy (non-hydrogen) atoms. The maximum atomic E-state index is 10.1. The van der Waals surface area contributed by atoms with Crippen LogP contribution in [0.2, 0.25) is 0 Å². The number of terminal acetylenes is 1. The minimum atomic E-state index is -0.396. The molecule has 0 aliphatic carbocycles. The van der Waals surface area contributed by atoms with E-state index in [9.17, 15) is 4.79 Å². The second kappa shape index (κ2) is 6.15. The Morgan fingerprint density at radius 2 is 2.22 bits per heavy atom. The van der Waals surface area contributed by atoms with Crippen molar-refractivity contribution >= 4 is 35.5 Å². The van der Waals surface area contributed by atoms with Gasteiger partial charge in [0.2, 0.25) is 0 Å². The summed E-state index contributed by atoms with van der Waals surface area (Å²) in [4.78, 5) is 10.1. The van der Waals surface area contributed by atoms with E-state index in [2.05, 4.69) is 10.7 Å². The van der Waals surface area contributed by atoms with Crippen LogP contribution in [0.5, 0.6) is 0 Å². The van der Waals surface area contributed by atoms with Crippen LogP contribution < -0.4 is 0 Å². The van der Waals surface area contributed by atoms with Gasteiger partial charge in [0.25, 0.3) is 0 Å². The first-order valence-electron chi connectivity index (χ1n) is 2.30. The Labute approximate surface area is 77.3 Å². The minimum absolute atomic E-state index is 0. The standard InChI is InChI=1S/C6H8O2.Na.H/c1-4-5(2)8-6(3)7;;/h1,5H,2-3H3;;. The summed E-state index contributed by atoms with van der Waals surface area (Å²) in [5, 5.41) is 0. The van der Waals surface area contributed by atoms with E-state index in [4.69, 9.17) is 6.42 Å². The first-order chi connectivity index (χ1) is 3.66. The zero-order valence-electron chi connectivity index (χ0n) is 4.97. The van der Waals surface area contributed by atoms with E-state index < -0.39 is 6.10 Å². The third-order valence-electron chi connectivity index (χ3n) is 0.577. The molecule has 0 bridgehead atoms. The third-order valence-corrected chi connectivity index (χ3v) is 0.577. The Kier molecular flexibility index (Phi) is 8.06. The van der Waals surface area contributed by atoms with Gasteiger partial charge in [0.1, 0.15) is 0 Å². The number of esters is 1. The van der Waals surface area contributed by atoms with Gasteiger partial charge in [-0.25, -0.2) is 0 Å². The van der Waals surface area contributed by atoms with Crippen molar-refractivity contribution in [1.82, 2.24) is 0 Å². The van der Waals surface area contributed by atoms with Gasteiger partial charge in [-0.1, -0.05) is 5.92 Å². The quantitative estimate of drug-likeness (QED) is 0.286. The number of hydrogen-bond acceptors (Lipinski definition) is 2. The van der Waals surface area contributed by atoms with E-state index in [0.717, 1.165) is 0 Å². The van der Waals surface area contributed by atoms with E-state index >= 15 is 0 Å². The summed E-state index contributed by atoms with van der Waals surface area (Å²) in [5.41, 5.74) is 0. The molecule has 0 aromatic heterocycles. The molecule has 0 heterocycles.